The van der Waals surface area contributed by atoms with Crippen LogP contribution < -0.4 is 9.44 Å². The maximum atomic E-state index is 12.8. The van der Waals surface area contributed by atoms with E-state index in [0.29, 0.717) is 51.4 Å². The second kappa shape index (κ2) is 12.5. The fourth-order valence-corrected chi connectivity index (χ4v) is 6.26. The molecule has 2 fully saturated rings. The molecule has 0 atom stereocenters. The molecular formula is C23H32N4O6S2. The highest BCUT2D eigenvalue weighted by atomic mass is 32.2. The van der Waals surface area contributed by atoms with Crippen LogP contribution in [0.1, 0.15) is 51.4 Å². The van der Waals surface area contributed by atoms with Crippen LogP contribution in [-0.2, 0) is 29.6 Å². The Bertz CT molecular complexity index is 1170. The average Bonchev–Trinajstić information content (AvgIpc) is 2.77. The topological polar surface area (TPSA) is 155 Å². The van der Waals surface area contributed by atoms with Crippen molar-refractivity contribution < 1.29 is 26.4 Å². The third-order valence-electron chi connectivity index (χ3n) is 6.25. The molecule has 3 N–H and O–H groups in total. The Morgan fingerprint density at radius 3 is 1.66 bits per heavy atom. The second-order valence-electron chi connectivity index (χ2n) is 9.17. The van der Waals surface area contributed by atoms with E-state index in [4.69, 9.17) is 12.0 Å². The third kappa shape index (κ3) is 9.63. The summed E-state index contributed by atoms with van der Waals surface area (Å²) in [5, 5.41) is 7.48. The van der Waals surface area contributed by atoms with Crippen LogP contribution in [-0.4, -0.2) is 58.9 Å². The van der Waals surface area contributed by atoms with E-state index in [0.717, 1.165) is 12.5 Å². The predicted octanol–water partition coefficient (Wildman–Crippen LogP) is 1.87. The van der Waals surface area contributed by atoms with Crippen molar-refractivity contribution in [3.63, 3.8) is 0 Å². The number of nitrogens with zero attached hydrogens (tertiary/aromatic N) is 1. The van der Waals surface area contributed by atoms with Gasteiger partial charge in [0.25, 0.3) is 0 Å². The van der Waals surface area contributed by atoms with Crippen molar-refractivity contribution in [1.82, 2.24) is 9.44 Å². The number of rotatable bonds is 10. The molecule has 2 rings (SSSR count). The zero-order valence-electron chi connectivity index (χ0n) is 19.9. The lowest BCUT2D eigenvalue weighted by Crippen LogP contribution is -2.38. The molecule has 12 heteroatoms. The molecular weight excluding hydrogens is 492 g/mol. The predicted molar refractivity (Wildman–Crippen MR) is 133 cm³/mol. The van der Waals surface area contributed by atoms with E-state index in [-0.39, 0.29) is 46.8 Å². The molecule has 2 aliphatic carbocycles. The van der Waals surface area contributed by atoms with E-state index in [2.05, 4.69) is 20.2 Å². The van der Waals surface area contributed by atoms with E-state index in [1.54, 1.807) is 0 Å². The van der Waals surface area contributed by atoms with Gasteiger partial charge in [-0.05, 0) is 63.3 Å². The molecule has 0 radical (unpaired) electrons. The summed E-state index contributed by atoms with van der Waals surface area (Å²) in [6.45, 7) is 7.36. The molecule has 0 aliphatic heterocycles. The Balaban J connectivity index is 1.95. The molecule has 0 bridgehead atoms. The first kappa shape index (κ1) is 28.8. The van der Waals surface area contributed by atoms with E-state index in [1.165, 1.54) is 18.2 Å². The first-order valence-corrected chi connectivity index (χ1v) is 15.2. The Morgan fingerprint density at radius 1 is 0.857 bits per heavy atom. The van der Waals surface area contributed by atoms with Crippen LogP contribution in [0.25, 0.3) is 4.85 Å². The maximum Gasteiger partial charge on any atom is 0.229 e. The number of hydrogen-bond donors (Lipinski definition) is 3. The highest BCUT2D eigenvalue weighted by molar-refractivity contribution is 7.89. The first-order valence-electron chi connectivity index (χ1n) is 11.4. The largest absolute Gasteiger partial charge is 0.308 e. The first-order chi connectivity index (χ1) is 16.3. The van der Waals surface area contributed by atoms with Gasteiger partial charge in [0.05, 0.1) is 24.7 Å². The molecule has 0 heterocycles. The summed E-state index contributed by atoms with van der Waals surface area (Å²) in [5.74, 6) is 0.839. The van der Waals surface area contributed by atoms with Gasteiger partial charge in [0, 0.05) is 23.9 Å². The van der Waals surface area contributed by atoms with Crippen LogP contribution in [0.3, 0.4) is 0 Å². The van der Waals surface area contributed by atoms with E-state index in [1.807, 2.05) is 0 Å². The molecule has 0 saturated heterocycles. The lowest BCUT2D eigenvalue weighted by molar-refractivity contribution is -0.120. The van der Waals surface area contributed by atoms with Crippen molar-refractivity contribution in [3.8, 4) is 0 Å². The molecule has 192 valence electrons. The number of sulfonamides is 2. The summed E-state index contributed by atoms with van der Waals surface area (Å²) < 4.78 is 50.6. The highest BCUT2D eigenvalue weighted by Crippen LogP contribution is 2.29. The van der Waals surface area contributed by atoms with Crippen LogP contribution in [0.15, 0.2) is 29.5 Å². The van der Waals surface area contributed by atoms with Crippen molar-refractivity contribution in [2.24, 2.45) is 11.8 Å². The summed E-state index contributed by atoms with van der Waals surface area (Å²) in [6, 6.07) is -0.415. The number of carbonyl (C=O) groups is 2. The van der Waals surface area contributed by atoms with Crippen LogP contribution in [0.2, 0.25) is 0 Å². The van der Waals surface area contributed by atoms with Crippen molar-refractivity contribution in [2.45, 2.75) is 63.5 Å². The van der Waals surface area contributed by atoms with Gasteiger partial charge in [-0.3, -0.25) is 10.2 Å². The van der Waals surface area contributed by atoms with Gasteiger partial charge in [-0.1, -0.05) is 12.2 Å². The molecule has 2 saturated carbocycles. The number of allylic oxidation sites excluding steroid dienone is 5. The smallest absolute Gasteiger partial charge is 0.229 e. The minimum Gasteiger partial charge on any atom is -0.308 e. The van der Waals surface area contributed by atoms with Gasteiger partial charge >= 0.3 is 0 Å². The summed E-state index contributed by atoms with van der Waals surface area (Å²) >= 11 is 0. The third-order valence-corrected chi connectivity index (χ3v) is 7.77. The van der Waals surface area contributed by atoms with Crippen LogP contribution in [0, 0.1) is 23.8 Å². The molecule has 0 amide bonds. The summed E-state index contributed by atoms with van der Waals surface area (Å²) in [6.07, 6.45) is 10.3. The van der Waals surface area contributed by atoms with Crippen LogP contribution in [0.5, 0.6) is 0 Å². The molecule has 0 spiro atoms. The van der Waals surface area contributed by atoms with Crippen molar-refractivity contribution in [2.75, 3.05) is 12.5 Å². The van der Waals surface area contributed by atoms with Crippen LogP contribution >= 0.6 is 0 Å². The van der Waals surface area contributed by atoms with Gasteiger partial charge < -0.3 is 4.79 Å². The lowest BCUT2D eigenvalue weighted by Gasteiger charge is -2.27. The number of nitrogens with one attached hydrogen (secondary N) is 3. The van der Waals surface area contributed by atoms with Gasteiger partial charge in [0.2, 0.25) is 25.7 Å². The van der Waals surface area contributed by atoms with Crippen molar-refractivity contribution in [3.05, 3.63) is 40.9 Å². The van der Waals surface area contributed by atoms with Gasteiger partial charge in [-0.25, -0.2) is 31.1 Å². The summed E-state index contributed by atoms with van der Waals surface area (Å²) in [5.41, 5.74) is -0.0465. The number of carbonyl (C=O) groups excluding carboxylic acids is 2. The fraction of sp³-hybridized carbons (Fsp3) is 0.609. The quantitative estimate of drug-likeness (QED) is 0.172. The van der Waals surface area contributed by atoms with Gasteiger partial charge in [-0.2, -0.15) is 0 Å². The SMILES string of the molecule is [C-]#[N+]C(=CC=CC(=C=N)C(=O)C1CCC(NS(C)(=O)=O)CC1)C(=O)C1CCC(NS(C)(=O)=O)CC1. The Labute approximate surface area is 207 Å². The molecule has 35 heavy (non-hydrogen) atoms. The standard InChI is InChI=1S/C23H32N4O6S2/c1-25-21(23(29)17-9-13-20(14-10-17)27-35(3,32)33)6-4-5-18(15-24)22(28)16-7-11-19(12-8-16)26-34(2,30)31/h4-6,16-17,19-20,24,26-27H,7-14H2,2-3H3. The minimum atomic E-state index is -3.31. The zero-order valence-corrected chi connectivity index (χ0v) is 21.5. The summed E-state index contributed by atoms with van der Waals surface area (Å²) in [4.78, 5) is 28.8. The van der Waals surface area contributed by atoms with E-state index in [9.17, 15) is 26.4 Å². The Kier molecular flexibility index (Phi) is 10.3. The Morgan fingerprint density at radius 2 is 1.29 bits per heavy atom. The average molecular weight is 525 g/mol. The zero-order chi connectivity index (χ0) is 26.2. The second-order valence-corrected chi connectivity index (χ2v) is 12.7. The Hall–Kier alpha value is -2.42. The molecule has 0 unspecified atom stereocenters. The van der Waals surface area contributed by atoms with Gasteiger partial charge in [-0.15, -0.1) is 0 Å². The summed E-state index contributed by atoms with van der Waals surface area (Å²) in [7, 11) is -6.62. The van der Waals surface area contributed by atoms with Gasteiger partial charge in [0.1, 0.15) is 0 Å². The highest BCUT2D eigenvalue weighted by Gasteiger charge is 2.30. The van der Waals surface area contributed by atoms with Crippen LogP contribution in [0.4, 0.5) is 0 Å². The van der Waals surface area contributed by atoms with Crippen molar-refractivity contribution >= 4 is 37.5 Å². The molecule has 10 nitrogen and oxygen atoms in total. The number of Topliss-reactive ketones (excluding diaryl/α,β-unsaturated/α-hetero) is 2. The molecule has 0 aromatic carbocycles. The van der Waals surface area contributed by atoms with Gasteiger partial charge in [0.15, 0.2) is 11.6 Å². The monoisotopic (exact) mass is 524 g/mol. The maximum absolute atomic E-state index is 12.8. The van der Waals surface area contributed by atoms with E-state index < -0.39 is 20.0 Å². The van der Waals surface area contributed by atoms with Crippen molar-refractivity contribution in [1.29, 1.82) is 5.41 Å². The van der Waals surface area contributed by atoms with E-state index >= 15 is 0 Å². The fourth-order valence-electron chi connectivity index (χ4n) is 4.58. The molecule has 0 aromatic rings. The minimum absolute atomic E-state index is 0.0323. The number of ketones is 2. The lowest BCUT2D eigenvalue weighted by atomic mass is 9.82. The molecule has 2 aliphatic rings. The molecule has 0 aromatic heterocycles. The number of hydrogen-bond acceptors (Lipinski definition) is 7. The normalized spacial score (nSPS) is 26.0.